The second kappa shape index (κ2) is 9.64. The van der Waals surface area contributed by atoms with Gasteiger partial charge in [-0.1, -0.05) is 37.3 Å². The van der Waals surface area contributed by atoms with Gasteiger partial charge in [-0.15, -0.1) is 0 Å². The number of nitrogens with one attached hydrogen (secondary N) is 2. The first-order valence-corrected chi connectivity index (χ1v) is 12.4. The Morgan fingerprint density at radius 3 is 3.00 bits per heavy atom. The third-order valence-corrected chi connectivity index (χ3v) is 7.30. The number of rotatable bonds is 7. The molecule has 2 aromatic carbocycles. The van der Waals surface area contributed by atoms with Gasteiger partial charge in [0.1, 0.15) is 11.9 Å². The highest BCUT2D eigenvalue weighted by molar-refractivity contribution is 7.25. The molecular weight excluding hydrogens is 436 g/mol. The number of thiazole rings is 1. The molecule has 8 heteroatoms. The van der Waals surface area contributed by atoms with E-state index in [1.54, 1.807) is 17.9 Å². The van der Waals surface area contributed by atoms with Crippen LogP contribution in [-0.4, -0.2) is 29.0 Å². The molecule has 0 saturated carbocycles. The van der Waals surface area contributed by atoms with Gasteiger partial charge in [0.15, 0.2) is 5.75 Å². The van der Waals surface area contributed by atoms with Gasteiger partial charge in [0, 0.05) is 24.9 Å². The van der Waals surface area contributed by atoms with Gasteiger partial charge in [0.2, 0.25) is 15.6 Å². The molecule has 33 heavy (non-hydrogen) atoms. The zero-order valence-corrected chi connectivity index (χ0v) is 19.3. The lowest BCUT2D eigenvalue weighted by atomic mass is 9.97. The number of amides is 1. The zero-order chi connectivity index (χ0) is 22.6. The first-order valence-electron chi connectivity index (χ1n) is 11.2. The Bertz CT molecular complexity index is 1160. The Hall–Kier alpha value is -3.36. The molecule has 0 saturated heterocycles. The second-order valence-electron chi connectivity index (χ2n) is 8.05. The number of carbonyl (C=O) groups excluding carboxylic acids is 1. The molecule has 0 fully saturated rings. The zero-order valence-electron chi connectivity index (χ0n) is 18.5. The van der Waals surface area contributed by atoms with E-state index in [0.717, 1.165) is 46.9 Å². The maximum absolute atomic E-state index is 12.5. The lowest BCUT2D eigenvalue weighted by Gasteiger charge is -2.26. The van der Waals surface area contributed by atoms with Crippen molar-refractivity contribution in [1.82, 2.24) is 20.7 Å². The minimum Gasteiger partial charge on any atom is -0.485 e. The van der Waals surface area contributed by atoms with Crippen molar-refractivity contribution in [3.8, 4) is 11.5 Å². The van der Waals surface area contributed by atoms with Crippen LogP contribution in [0.4, 0.5) is 0 Å². The van der Waals surface area contributed by atoms with E-state index in [-0.39, 0.29) is 12.0 Å². The van der Waals surface area contributed by atoms with Crippen LogP contribution in [0.15, 0.2) is 72.0 Å². The number of benzene rings is 2. The van der Waals surface area contributed by atoms with Crippen LogP contribution in [0.3, 0.4) is 0 Å². The van der Waals surface area contributed by atoms with Gasteiger partial charge in [-0.2, -0.15) is 0 Å². The number of likely N-dealkylation sites (N-methyl/N-ethyl adjacent to an activating group) is 1. The van der Waals surface area contributed by atoms with Crippen molar-refractivity contribution in [3.63, 3.8) is 0 Å². The van der Waals surface area contributed by atoms with Gasteiger partial charge in [0.05, 0.1) is 12.7 Å². The van der Waals surface area contributed by atoms with E-state index in [2.05, 4.69) is 33.9 Å². The average Bonchev–Trinajstić information content (AvgIpc) is 3.52. The Balaban J connectivity index is 1.21. The summed E-state index contributed by atoms with van der Waals surface area (Å²) in [5.41, 5.74) is 7.95. The van der Waals surface area contributed by atoms with E-state index in [9.17, 15) is 4.79 Å². The molecule has 5 rings (SSSR count). The van der Waals surface area contributed by atoms with Gasteiger partial charge < -0.3 is 15.5 Å². The van der Waals surface area contributed by atoms with Crippen molar-refractivity contribution < 1.29 is 13.7 Å². The van der Waals surface area contributed by atoms with Crippen LogP contribution >= 0.6 is 10.8 Å². The van der Waals surface area contributed by atoms with Crippen LogP contribution < -0.4 is 19.7 Å². The average molecular weight is 464 g/mol. The summed E-state index contributed by atoms with van der Waals surface area (Å²) in [6.07, 6.45) is 5.48. The van der Waals surface area contributed by atoms with Crippen molar-refractivity contribution in [2.45, 2.75) is 32.4 Å². The minimum absolute atomic E-state index is 0.0753. The van der Waals surface area contributed by atoms with E-state index in [4.69, 9.17) is 8.92 Å². The fourth-order valence-corrected chi connectivity index (χ4v) is 5.14. The first kappa shape index (κ1) is 21.5. The van der Waals surface area contributed by atoms with Crippen LogP contribution in [0.2, 0.25) is 0 Å². The molecule has 1 aromatic heterocycles. The van der Waals surface area contributed by atoms with Crippen LogP contribution in [0, 0.1) is 0 Å². The molecule has 2 atom stereocenters. The molecule has 170 valence electrons. The number of aromatic nitrogens is 1. The number of carbonyl (C=O) groups is 1. The Morgan fingerprint density at radius 1 is 1.30 bits per heavy atom. The number of fused-ring (bicyclic) bond motifs is 1. The summed E-state index contributed by atoms with van der Waals surface area (Å²) in [4.78, 5) is 17.7. The summed E-state index contributed by atoms with van der Waals surface area (Å²) in [6.45, 7) is 3.88. The Morgan fingerprint density at radius 2 is 2.18 bits per heavy atom. The highest BCUT2D eigenvalue weighted by atomic mass is 32.2. The SMILES string of the molecule is CCN1CC(C(=O)NCc2cnc[s+]2Oc2ccc3c(c2)CCC(c2ccccc2)O3)=CN1. The van der Waals surface area contributed by atoms with E-state index < -0.39 is 10.8 Å². The van der Waals surface area contributed by atoms with Crippen molar-refractivity contribution in [2.24, 2.45) is 0 Å². The van der Waals surface area contributed by atoms with Crippen molar-refractivity contribution >= 4 is 16.7 Å². The smallest absolute Gasteiger partial charge is 0.277 e. The first-order chi connectivity index (χ1) is 16.2. The number of nitrogens with zero attached hydrogens (tertiary/aromatic N) is 2. The number of hydrogen-bond acceptors (Lipinski definition) is 6. The normalized spacial score (nSPS) is 18.0. The van der Waals surface area contributed by atoms with Gasteiger partial charge >= 0.3 is 0 Å². The maximum Gasteiger partial charge on any atom is 0.277 e. The molecule has 3 heterocycles. The monoisotopic (exact) mass is 463 g/mol. The standard InChI is InChI=1S/C25H26N4O3S/c1-2-29-16-20(13-28-29)25(30)27-15-22-14-26-17-33(22)32-21-9-11-24-19(12-21)8-10-23(31-24)18-6-4-3-5-7-18/h3-7,9,11-14,17,23H,2,8,10,15-16H2,1H3,(H-,27,28,30)/p+1. The van der Waals surface area contributed by atoms with Crippen LogP contribution in [0.1, 0.15) is 35.5 Å². The number of ether oxygens (including phenoxy) is 1. The van der Waals surface area contributed by atoms with Crippen LogP contribution in [0.5, 0.6) is 11.5 Å². The lowest BCUT2D eigenvalue weighted by molar-refractivity contribution is -0.117. The lowest BCUT2D eigenvalue weighted by Crippen LogP contribution is -2.32. The fraction of sp³-hybridized carbons (Fsp3) is 0.280. The fourth-order valence-electron chi connectivity index (χ4n) is 3.99. The Kier molecular flexibility index (Phi) is 6.28. The molecule has 0 bridgehead atoms. The molecule has 1 amide bonds. The van der Waals surface area contributed by atoms with Gasteiger partial charge in [-0.3, -0.25) is 8.98 Å². The van der Waals surface area contributed by atoms with Gasteiger partial charge in [-0.25, -0.2) is 9.99 Å². The molecule has 7 nitrogen and oxygen atoms in total. The van der Waals surface area contributed by atoms with Gasteiger partial charge in [0.25, 0.3) is 11.4 Å². The molecule has 3 aromatic rings. The van der Waals surface area contributed by atoms with Crippen LogP contribution in [0.25, 0.3) is 0 Å². The number of aryl methyl sites for hydroxylation is 1. The number of hydrazine groups is 1. The second-order valence-corrected chi connectivity index (χ2v) is 9.55. The summed E-state index contributed by atoms with van der Waals surface area (Å²) >= 11 is 0. The maximum atomic E-state index is 12.5. The Labute approximate surface area is 196 Å². The highest BCUT2D eigenvalue weighted by Crippen LogP contribution is 2.38. The molecule has 0 radical (unpaired) electrons. The van der Waals surface area contributed by atoms with E-state index in [0.29, 0.717) is 13.1 Å². The van der Waals surface area contributed by atoms with Crippen molar-refractivity contribution in [2.75, 3.05) is 13.1 Å². The van der Waals surface area contributed by atoms with Crippen LogP contribution in [-0.2, 0) is 17.8 Å². The highest BCUT2D eigenvalue weighted by Gasteiger charge is 2.25. The molecule has 2 N–H and O–H groups in total. The van der Waals surface area contributed by atoms with E-state index >= 15 is 0 Å². The molecule has 0 spiro atoms. The van der Waals surface area contributed by atoms with Crippen molar-refractivity contribution in [1.29, 1.82) is 0 Å². The summed E-state index contributed by atoms with van der Waals surface area (Å²) in [7, 11) is -0.612. The topological polar surface area (TPSA) is 75.7 Å². The van der Waals surface area contributed by atoms with Gasteiger partial charge in [-0.05, 0) is 42.2 Å². The summed E-state index contributed by atoms with van der Waals surface area (Å²) in [5.74, 6) is 1.62. The third kappa shape index (κ3) is 4.86. The summed E-state index contributed by atoms with van der Waals surface area (Å²) in [6, 6.07) is 16.3. The van der Waals surface area contributed by atoms with E-state index in [1.807, 2.05) is 42.3 Å². The summed E-state index contributed by atoms with van der Waals surface area (Å²) in [5, 5.41) is 4.96. The molecule has 2 unspecified atom stereocenters. The van der Waals surface area contributed by atoms with Crippen molar-refractivity contribution in [3.05, 3.63) is 88.0 Å². The third-order valence-electron chi connectivity index (χ3n) is 5.85. The largest absolute Gasteiger partial charge is 0.485 e. The molecular formula is C25H27N4O3S+. The summed E-state index contributed by atoms with van der Waals surface area (Å²) < 4.78 is 12.5. The molecule has 2 aliphatic heterocycles. The molecule has 2 aliphatic rings. The molecule has 0 aliphatic carbocycles. The number of hydrogen-bond donors (Lipinski definition) is 2. The predicted molar refractivity (Wildman–Crippen MR) is 128 cm³/mol. The minimum atomic E-state index is -0.612. The van der Waals surface area contributed by atoms with E-state index in [1.165, 1.54) is 5.56 Å². The quantitative estimate of drug-likeness (QED) is 0.515. The predicted octanol–water partition coefficient (Wildman–Crippen LogP) is 4.08.